The van der Waals surface area contributed by atoms with Crippen molar-refractivity contribution in [2.45, 2.75) is 25.4 Å². The zero-order valence-electron chi connectivity index (χ0n) is 15.5. The van der Waals surface area contributed by atoms with Crippen molar-refractivity contribution in [1.29, 1.82) is 0 Å². The highest BCUT2D eigenvalue weighted by Gasteiger charge is 2.32. The lowest BCUT2D eigenvalue weighted by Crippen LogP contribution is -2.26. The smallest absolute Gasteiger partial charge is 0.366 e. The number of benzene rings is 2. The lowest BCUT2D eigenvalue weighted by atomic mass is 10.0. The fourth-order valence-electron chi connectivity index (χ4n) is 3.46. The summed E-state index contributed by atoms with van der Waals surface area (Å²) in [4.78, 5) is 25.2. The lowest BCUT2D eigenvalue weighted by Gasteiger charge is -2.18. The first-order valence-electron chi connectivity index (χ1n) is 9.24. The van der Waals surface area contributed by atoms with Crippen molar-refractivity contribution in [2.24, 2.45) is 0 Å². The third-order valence-corrected chi connectivity index (χ3v) is 4.88. The molecule has 0 bridgehead atoms. The first kappa shape index (κ1) is 20.6. The molecule has 1 aliphatic heterocycles. The van der Waals surface area contributed by atoms with Crippen LogP contribution in [0.4, 0.5) is 24.5 Å². The van der Waals surface area contributed by atoms with Gasteiger partial charge in [-0.2, -0.15) is 13.2 Å². The van der Waals surface area contributed by atoms with E-state index in [4.69, 9.17) is 0 Å². The molecule has 1 N–H and O–H groups in total. The van der Waals surface area contributed by atoms with E-state index in [-0.39, 0.29) is 29.8 Å². The highest BCUT2D eigenvalue weighted by Crippen LogP contribution is 2.33. The van der Waals surface area contributed by atoms with Crippen LogP contribution >= 0.6 is 0 Å². The Morgan fingerprint density at radius 2 is 1.83 bits per heavy atom. The maximum absolute atomic E-state index is 13.0. The Balaban J connectivity index is 1.69. The van der Waals surface area contributed by atoms with Crippen LogP contribution in [0.15, 0.2) is 42.5 Å². The maximum atomic E-state index is 13.0. The predicted octanol–water partition coefficient (Wildman–Crippen LogP) is 4.19. The van der Waals surface area contributed by atoms with Crippen molar-refractivity contribution in [2.75, 3.05) is 24.5 Å². The van der Waals surface area contributed by atoms with Gasteiger partial charge < -0.3 is 10.2 Å². The SMILES string of the molecule is O=C(NCCc1ccccc1C(F)(F)F)c1ccc(N2CCCC2)c([N+](=O)[O-])c1. The van der Waals surface area contributed by atoms with Crippen molar-refractivity contribution in [1.82, 2.24) is 5.32 Å². The van der Waals surface area contributed by atoms with Gasteiger partial charge in [0, 0.05) is 31.3 Å². The van der Waals surface area contributed by atoms with Gasteiger partial charge in [-0.3, -0.25) is 14.9 Å². The molecule has 0 unspecified atom stereocenters. The summed E-state index contributed by atoms with van der Waals surface area (Å²) in [6.45, 7) is 1.43. The molecule has 1 amide bonds. The number of carbonyl (C=O) groups excluding carboxylic acids is 1. The number of halogens is 3. The second kappa shape index (κ2) is 8.50. The third-order valence-electron chi connectivity index (χ3n) is 4.88. The van der Waals surface area contributed by atoms with E-state index in [9.17, 15) is 28.1 Å². The Hall–Kier alpha value is -3.10. The summed E-state index contributed by atoms with van der Waals surface area (Å²) in [7, 11) is 0. The summed E-state index contributed by atoms with van der Waals surface area (Å²) in [6, 6.07) is 9.45. The summed E-state index contributed by atoms with van der Waals surface area (Å²) in [5.74, 6) is -0.564. The Labute approximate surface area is 165 Å². The van der Waals surface area contributed by atoms with Crippen LogP contribution < -0.4 is 10.2 Å². The zero-order valence-corrected chi connectivity index (χ0v) is 15.5. The zero-order chi connectivity index (χ0) is 21.0. The fourth-order valence-corrected chi connectivity index (χ4v) is 3.46. The molecule has 9 heteroatoms. The molecule has 1 saturated heterocycles. The summed E-state index contributed by atoms with van der Waals surface area (Å²) < 4.78 is 39.1. The van der Waals surface area contributed by atoms with Crippen molar-refractivity contribution in [3.05, 3.63) is 69.3 Å². The molecule has 154 valence electrons. The number of hydrogen-bond acceptors (Lipinski definition) is 4. The van der Waals surface area contributed by atoms with Crippen LogP contribution in [-0.2, 0) is 12.6 Å². The van der Waals surface area contributed by atoms with Crippen molar-refractivity contribution in [3.8, 4) is 0 Å². The molecule has 0 saturated carbocycles. The van der Waals surface area contributed by atoms with Gasteiger partial charge in [0.2, 0.25) is 0 Å². The van der Waals surface area contributed by atoms with E-state index < -0.39 is 22.6 Å². The van der Waals surface area contributed by atoms with E-state index in [1.54, 1.807) is 6.07 Å². The molecule has 3 rings (SSSR count). The number of nitrogens with zero attached hydrogens (tertiary/aromatic N) is 2. The molecule has 2 aromatic carbocycles. The molecule has 0 radical (unpaired) electrons. The van der Waals surface area contributed by atoms with Gasteiger partial charge in [0.05, 0.1) is 10.5 Å². The second-order valence-corrected chi connectivity index (χ2v) is 6.82. The molecule has 1 heterocycles. The van der Waals surface area contributed by atoms with E-state index in [1.165, 1.54) is 30.3 Å². The van der Waals surface area contributed by atoms with Crippen molar-refractivity contribution >= 4 is 17.3 Å². The minimum Gasteiger partial charge on any atom is -0.366 e. The molecule has 0 atom stereocenters. The van der Waals surface area contributed by atoms with Gasteiger partial charge in [-0.1, -0.05) is 18.2 Å². The van der Waals surface area contributed by atoms with E-state index >= 15 is 0 Å². The normalized spacial score (nSPS) is 14.1. The van der Waals surface area contributed by atoms with E-state index in [0.717, 1.165) is 32.0 Å². The third kappa shape index (κ3) is 4.85. The van der Waals surface area contributed by atoms with Gasteiger partial charge in [-0.25, -0.2) is 0 Å². The van der Waals surface area contributed by atoms with Gasteiger partial charge in [0.1, 0.15) is 5.69 Å². The Morgan fingerprint density at radius 3 is 2.48 bits per heavy atom. The van der Waals surface area contributed by atoms with Crippen LogP contribution in [0.2, 0.25) is 0 Å². The summed E-state index contributed by atoms with van der Waals surface area (Å²) in [6.07, 6.45) is -2.56. The molecule has 1 fully saturated rings. The predicted molar refractivity (Wildman–Crippen MR) is 102 cm³/mol. The standard InChI is InChI=1S/C20H20F3N3O3/c21-20(22,23)16-6-2-1-5-14(16)9-10-24-19(27)15-7-8-17(18(13-15)26(28)29)25-11-3-4-12-25/h1-2,5-8,13H,3-4,9-12H2,(H,24,27). The van der Waals surface area contributed by atoms with Crippen molar-refractivity contribution < 1.29 is 22.9 Å². The number of alkyl halides is 3. The molecule has 29 heavy (non-hydrogen) atoms. The van der Waals surface area contributed by atoms with E-state index in [0.29, 0.717) is 5.69 Å². The van der Waals surface area contributed by atoms with Crippen LogP contribution in [0.25, 0.3) is 0 Å². The maximum Gasteiger partial charge on any atom is 0.416 e. The number of rotatable bonds is 6. The highest BCUT2D eigenvalue weighted by molar-refractivity contribution is 5.95. The van der Waals surface area contributed by atoms with Crippen LogP contribution in [0, 0.1) is 10.1 Å². The van der Waals surface area contributed by atoms with E-state index in [2.05, 4.69) is 5.32 Å². The highest BCUT2D eigenvalue weighted by atomic mass is 19.4. The van der Waals surface area contributed by atoms with Gasteiger partial charge in [-0.05, 0) is 43.0 Å². The number of nitrogens with one attached hydrogen (secondary N) is 1. The van der Waals surface area contributed by atoms with Crippen molar-refractivity contribution in [3.63, 3.8) is 0 Å². The summed E-state index contributed by atoms with van der Waals surface area (Å²) >= 11 is 0. The number of anilines is 1. The number of carbonyl (C=O) groups is 1. The lowest BCUT2D eigenvalue weighted by molar-refractivity contribution is -0.384. The van der Waals surface area contributed by atoms with Gasteiger partial charge in [-0.15, -0.1) is 0 Å². The molecule has 2 aromatic rings. The molecule has 0 aromatic heterocycles. The minimum absolute atomic E-state index is 0.00459. The quantitative estimate of drug-likeness (QED) is 0.576. The number of hydrogen-bond donors (Lipinski definition) is 1. The summed E-state index contributed by atoms with van der Waals surface area (Å²) in [5.41, 5.74) is -0.232. The number of nitro benzene ring substituents is 1. The summed E-state index contributed by atoms with van der Waals surface area (Å²) in [5, 5.41) is 14.0. The van der Waals surface area contributed by atoms with Gasteiger partial charge in [0.25, 0.3) is 11.6 Å². The topological polar surface area (TPSA) is 75.5 Å². The first-order chi connectivity index (χ1) is 13.8. The molecule has 6 nitrogen and oxygen atoms in total. The minimum atomic E-state index is -4.47. The Bertz CT molecular complexity index is 909. The average Bonchev–Trinajstić information content (AvgIpc) is 3.21. The monoisotopic (exact) mass is 407 g/mol. The van der Waals surface area contributed by atoms with Gasteiger partial charge >= 0.3 is 6.18 Å². The van der Waals surface area contributed by atoms with Crippen LogP contribution in [0.1, 0.15) is 34.3 Å². The first-order valence-corrected chi connectivity index (χ1v) is 9.24. The Kier molecular flexibility index (Phi) is 6.05. The molecular weight excluding hydrogens is 387 g/mol. The molecule has 0 aliphatic carbocycles. The Morgan fingerprint density at radius 1 is 1.14 bits per heavy atom. The van der Waals surface area contributed by atoms with E-state index in [1.807, 2.05) is 4.90 Å². The molecule has 1 aliphatic rings. The number of amides is 1. The fraction of sp³-hybridized carbons (Fsp3) is 0.350. The average molecular weight is 407 g/mol. The molecule has 0 spiro atoms. The van der Waals surface area contributed by atoms with Crippen LogP contribution in [0.3, 0.4) is 0 Å². The van der Waals surface area contributed by atoms with Crippen LogP contribution in [-0.4, -0.2) is 30.5 Å². The second-order valence-electron chi connectivity index (χ2n) is 6.82. The molecular formula is C20H20F3N3O3. The number of nitro groups is 1. The van der Waals surface area contributed by atoms with Crippen LogP contribution in [0.5, 0.6) is 0 Å². The van der Waals surface area contributed by atoms with Gasteiger partial charge in [0.15, 0.2) is 0 Å². The largest absolute Gasteiger partial charge is 0.416 e.